The van der Waals surface area contributed by atoms with Gasteiger partial charge < -0.3 is 14.2 Å². The normalized spacial score (nSPS) is 10.6. The molecule has 1 heterocycles. The van der Waals surface area contributed by atoms with Crippen LogP contribution in [0.3, 0.4) is 0 Å². The predicted molar refractivity (Wildman–Crippen MR) is 84.7 cm³/mol. The molecular weight excluding hydrogens is 302 g/mol. The van der Waals surface area contributed by atoms with Crippen LogP contribution in [0.1, 0.15) is 11.3 Å². The van der Waals surface area contributed by atoms with Crippen LogP contribution in [0.2, 0.25) is 0 Å². The molecule has 23 heavy (non-hydrogen) atoms. The molecule has 2 rings (SSSR count). The summed E-state index contributed by atoms with van der Waals surface area (Å²) < 4.78 is 15.7. The summed E-state index contributed by atoms with van der Waals surface area (Å²) in [7, 11) is 4.62. The third-order valence-corrected chi connectivity index (χ3v) is 2.97. The van der Waals surface area contributed by atoms with Crippen LogP contribution >= 0.6 is 0 Å². The lowest BCUT2D eigenvalue weighted by molar-refractivity contribution is 0.349. The maximum atomic E-state index is 11.4. The van der Waals surface area contributed by atoms with E-state index in [4.69, 9.17) is 14.2 Å². The molecule has 0 saturated heterocycles. The number of H-pyrrole nitrogens is 1. The minimum Gasteiger partial charge on any atom is -0.496 e. The summed E-state index contributed by atoms with van der Waals surface area (Å²) in [5.41, 5.74) is 3.19. The number of ether oxygens (including phenoxy) is 3. The molecule has 1 aromatic carbocycles. The Labute approximate surface area is 132 Å². The Bertz CT molecular complexity index is 772. The molecule has 0 fully saturated rings. The van der Waals surface area contributed by atoms with Crippen molar-refractivity contribution in [2.75, 3.05) is 26.8 Å². The highest BCUT2D eigenvalue weighted by Crippen LogP contribution is 2.33. The minimum absolute atomic E-state index is 0.135. The van der Waals surface area contributed by atoms with E-state index in [-0.39, 0.29) is 17.2 Å². The number of anilines is 1. The first kappa shape index (κ1) is 16.3. The summed E-state index contributed by atoms with van der Waals surface area (Å²) in [6.07, 6.45) is 1.50. The maximum absolute atomic E-state index is 11.4. The molecule has 1 aromatic heterocycles. The van der Waals surface area contributed by atoms with E-state index < -0.39 is 0 Å². The lowest BCUT2D eigenvalue weighted by Gasteiger charge is -2.11. The Morgan fingerprint density at radius 3 is 2.35 bits per heavy atom. The fourth-order valence-corrected chi connectivity index (χ4v) is 1.76. The van der Waals surface area contributed by atoms with Crippen molar-refractivity contribution >= 4 is 12.2 Å². The van der Waals surface area contributed by atoms with Gasteiger partial charge in [0, 0.05) is 11.6 Å². The van der Waals surface area contributed by atoms with Gasteiger partial charge in [-0.2, -0.15) is 5.10 Å². The van der Waals surface area contributed by atoms with E-state index in [1.165, 1.54) is 20.4 Å². The van der Waals surface area contributed by atoms with Crippen LogP contribution in [0, 0.1) is 6.92 Å². The molecule has 0 atom stereocenters. The van der Waals surface area contributed by atoms with Gasteiger partial charge in [-0.25, -0.2) is 5.43 Å². The number of aryl methyl sites for hydroxylation is 1. The van der Waals surface area contributed by atoms with E-state index in [2.05, 4.69) is 25.7 Å². The average molecular weight is 319 g/mol. The van der Waals surface area contributed by atoms with Gasteiger partial charge in [0.2, 0.25) is 5.95 Å². The molecule has 9 heteroatoms. The lowest BCUT2D eigenvalue weighted by atomic mass is 10.2. The lowest BCUT2D eigenvalue weighted by Crippen LogP contribution is -2.15. The van der Waals surface area contributed by atoms with Crippen molar-refractivity contribution in [1.82, 2.24) is 15.2 Å². The second kappa shape index (κ2) is 7.25. The first-order valence-corrected chi connectivity index (χ1v) is 6.61. The highest BCUT2D eigenvalue weighted by molar-refractivity contribution is 5.85. The highest BCUT2D eigenvalue weighted by atomic mass is 16.5. The monoisotopic (exact) mass is 319 g/mol. The highest BCUT2D eigenvalue weighted by Gasteiger charge is 2.10. The van der Waals surface area contributed by atoms with Crippen LogP contribution in [-0.2, 0) is 0 Å². The number of nitrogens with zero attached hydrogens (tertiary/aromatic N) is 3. The number of hydrogen-bond acceptors (Lipinski definition) is 8. The Kier molecular flexibility index (Phi) is 5.13. The smallest absolute Gasteiger partial charge is 0.274 e. The fourth-order valence-electron chi connectivity index (χ4n) is 1.76. The molecule has 0 spiro atoms. The van der Waals surface area contributed by atoms with Crippen molar-refractivity contribution in [2.24, 2.45) is 5.10 Å². The van der Waals surface area contributed by atoms with E-state index in [0.717, 1.165) is 0 Å². The summed E-state index contributed by atoms with van der Waals surface area (Å²) in [6, 6.07) is 3.40. The van der Waals surface area contributed by atoms with Gasteiger partial charge in [-0.3, -0.25) is 9.78 Å². The topological polar surface area (TPSA) is 111 Å². The molecule has 0 saturated carbocycles. The number of aromatic amines is 1. The third kappa shape index (κ3) is 3.76. The van der Waals surface area contributed by atoms with Crippen molar-refractivity contribution in [3.8, 4) is 17.2 Å². The molecule has 2 aromatic rings. The van der Waals surface area contributed by atoms with E-state index in [0.29, 0.717) is 22.8 Å². The van der Waals surface area contributed by atoms with Crippen molar-refractivity contribution in [3.63, 3.8) is 0 Å². The van der Waals surface area contributed by atoms with Crippen LogP contribution in [0.15, 0.2) is 22.0 Å². The summed E-state index contributed by atoms with van der Waals surface area (Å²) in [5, 5.41) is 11.5. The molecule has 122 valence electrons. The van der Waals surface area contributed by atoms with Gasteiger partial charge in [0.15, 0.2) is 11.5 Å². The molecule has 0 aliphatic carbocycles. The van der Waals surface area contributed by atoms with Gasteiger partial charge in [-0.1, -0.05) is 0 Å². The molecular formula is C14H17N5O4. The summed E-state index contributed by atoms with van der Waals surface area (Å²) in [6.45, 7) is 1.56. The molecule has 9 nitrogen and oxygen atoms in total. The van der Waals surface area contributed by atoms with Crippen LogP contribution in [0.25, 0.3) is 0 Å². The Balaban J connectivity index is 2.24. The minimum atomic E-state index is -0.332. The van der Waals surface area contributed by atoms with Crippen molar-refractivity contribution in [3.05, 3.63) is 33.7 Å². The van der Waals surface area contributed by atoms with Crippen LogP contribution in [0.5, 0.6) is 17.2 Å². The molecule has 0 unspecified atom stereocenters. The van der Waals surface area contributed by atoms with Gasteiger partial charge in [-0.15, -0.1) is 10.2 Å². The molecule has 0 amide bonds. The second-order valence-electron chi connectivity index (χ2n) is 4.41. The zero-order chi connectivity index (χ0) is 16.8. The van der Waals surface area contributed by atoms with E-state index >= 15 is 0 Å². The van der Waals surface area contributed by atoms with Crippen molar-refractivity contribution in [2.45, 2.75) is 6.92 Å². The van der Waals surface area contributed by atoms with Gasteiger partial charge in [0.1, 0.15) is 11.4 Å². The molecule has 2 N–H and O–H groups in total. The van der Waals surface area contributed by atoms with Crippen LogP contribution < -0.4 is 25.2 Å². The first-order valence-electron chi connectivity index (χ1n) is 6.61. The van der Waals surface area contributed by atoms with E-state index in [9.17, 15) is 4.79 Å². The summed E-state index contributed by atoms with van der Waals surface area (Å²) >= 11 is 0. The number of nitrogens with one attached hydrogen (secondary N) is 2. The van der Waals surface area contributed by atoms with Crippen LogP contribution in [-0.4, -0.2) is 42.7 Å². The molecule has 0 aliphatic rings. The number of hydrogen-bond donors (Lipinski definition) is 2. The van der Waals surface area contributed by atoms with E-state index in [1.807, 2.05) is 0 Å². The van der Waals surface area contributed by atoms with Gasteiger partial charge in [-0.05, 0) is 13.0 Å². The Morgan fingerprint density at radius 1 is 1.09 bits per heavy atom. The largest absolute Gasteiger partial charge is 0.496 e. The van der Waals surface area contributed by atoms with Crippen molar-refractivity contribution < 1.29 is 14.2 Å². The van der Waals surface area contributed by atoms with Gasteiger partial charge >= 0.3 is 0 Å². The molecule has 0 aliphatic heterocycles. The van der Waals surface area contributed by atoms with Crippen molar-refractivity contribution in [1.29, 1.82) is 0 Å². The SMILES string of the molecule is COc1cc(OC)c(OC)cc1C=NNc1nnc(C)c(=O)[nH]1. The fraction of sp³-hybridized carbons (Fsp3) is 0.286. The number of benzene rings is 1. The molecule has 0 bridgehead atoms. The van der Waals surface area contributed by atoms with Crippen LogP contribution in [0.4, 0.5) is 5.95 Å². The zero-order valence-corrected chi connectivity index (χ0v) is 13.2. The number of methoxy groups -OCH3 is 3. The third-order valence-electron chi connectivity index (χ3n) is 2.97. The summed E-state index contributed by atoms with van der Waals surface area (Å²) in [5.74, 6) is 1.77. The first-order chi connectivity index (χ1) is 11.1. The number of aromatic nitrogens is 3. The number of rotatable bonds is 6. The number of hydrazone groups is 1. The quantitative estimate of drug-likeness (QED) is 0.602. The second-order valence-corrected chi connectivity index (χ2v) is 4.41. The standard InChI is InChI=1S/C14H17N5O4/c1-8-13(20)16-14(19-17-8)18-15-7-9-5-11(22-3)12(23-4)6-10(9)21-2/h5-7H,1-4H3,(H2,16,18,19,20). The molecule has 0 radical (unpaired) electrons. The average Bonchev–Trinajstić information content (AvgIpc) is 2.57. The zero-order valence-electron chi connectivity index (χ0n) is 13.2. The predicted octanol–water partition coefficient (Wildman–Crippen LogP) is 0.945. The Morgan fingerprint density at radius 2 is 1.74 bits per heavy atom. The van der Waals surface area contributed by atoms with Gasteiger partial charge in [0.05, 0.1) is 27.5 Å². The summed E-state index contributed by atoms with van der Waals surface area (Å²) in [4.78, 5) is 13.9. The van der Waals surface area contributed by atoms with Gasteiger partial charge in [0.25, 0.3) is 5.56 Å². The Hall–Kier alpha value is -3.10. The van der Waals surface area contributed by atoms with E-state index in [1.54, 1.807) is 26.2 Å². The maximum Gasteiger partial charge on any atom is 0.274 e.